The molecule has 0 unspecified atom stereocenters. The molecule has 4 heteroatoms. The van der Waals surface area contributed by atoms with Crippen molar-refractivity contribution in [3.05, 3.63) is 30.2 Å². The second-order valence-corrected chi connectivity index (χ2v) is 4.70. The molecule has 0 bridgehead atoms. The van der Waals surface area contributed by atoms with Crippen LogP contribution in [-0.2, 0) is 0 Å². The number of rotatable bonds is 1. The number of nitrogens with zero attached hydrogens (tertiary/aromatic N) is 2. The van der Waals surface area contributed by atoms with Gasteiger partial charge >= 0.3 is 0 Å². The molecule has 3 heterocycles. The van der Waals surface area contributed by atoms with Crippen LogP contribution in [0, 0.1) is 0 Å². The number of carbonyl (C=O) groups excluding carboxylic acids is 1. The van der Waals surface area contributed by atoms with Gasteiger partial charge in [-0.3, -0.25) is 9.78 Å². The highest BCUT2D eigenvalue weighted by Gasteiger charge is 2.20. The van der Waals surface area contributed by atoms with Crippen LogP contribution in [0.15, 0.2) is 28.8 Å². The first-order valence-electron chi connectivity index (χ1n) is 6.48. The molecule has 1 aliphatic heterocycles. The van der Waals surface area contributed by atoms with E-state index >= 15 is 0 Å². The average molecular weight is 244 g/mol. The molecule has 0 aliphatic carbocycles. The smallest absolute Gasteiger partial charge is 0.289 e. The fourth-order valence-electron chi connectivity index (χ4n) is 2.40. The number of hydrogen-bond acceptors (Lipinski definition) is 3. The van der Waals surface area contributed by atoms with Gasteiger partial charge in [-0.2, -0.15) is 0 Å². The van der Waals surface area contributed by atoms with Crippen molar-refractivity contribution >= 4 is 17.0 Å². The highest BCUT2D eigenvalue weighted by atomic mass is 16.3. The van der Waals surface area contributed by atoms with Gasteiger partial charge in [0.2, 0.25) is 0 Å². The molecule has 0 saturated carbocycles. The molecule has 94 valence electrons. The van der Waals surface area contributed by atoms with Crippen LogP contribution in [0.5, 0.6) is 0 Å². The Balaban J connectivity index is 1.86. The van der Waals surface area contributed by atoms with Crippen molar-refractivity contribution in [1.82, 2.24) is 9.88 Å². The summed E-state index contributed by atoms with van der Waals surface area (Å²) in [4.78, 5) is 18.4. The summed E-state index contributed by atoms with van der Waals surface area (Å²) in [6, 6.07) is 5.39. The molecule has 2 aromatic rings. The lowest BCUT2D eigenvalue weighted by Gasteiger charge is -2.18. The molecule has 0 aromatic carbocycles. The minimum absolute atomic E-state index is 0.00472. The van der Waals surface area contributed by atoms with E-state index in [1.807, 2.05) is 17.0 Å². The summed E-state index contributed by atoms with van der Waals surface area (Å²) in [5.74, 6) is 0.403. The Bertz CT molecular complexity index is 521. The molecule has 3 rings (SSSR count). The van der Waals surface area contributed by atoms with E-state index in [2.05, 4.69) is 4.98 Å². The Morgan fingerprint density at radius 3 is 2.72 bits per heavy atom. The van der Waals surface area contributed by atoms with Crippen molar-refractivity contribution in [2.24, 2.45) is 0 Å². The highest BCUT2D eigenvalue weighted by molar-refractivity contribution is 5.95. The molecule has 2 aromatic heterocycles. The lowest BCUT2D eigenvalue weighted by atomic mass is 10.2. The Morgan fingerprint density at radius 1 is 1.22 bits per heavy atom. The monoisotopic (exact) mass is 244 g/mol. The van der Waals surface area contributed by atoms with Gasteiger partial charge in [0.05, 0.1) is 0 Å². The zero-order chi connectivity index (χ0) is 12.4. The fraction of sp³-hybridized carbons (Fsp3) is 0.429. The third kappa shape index (κ3) is 2.10. The maximum atomic E-state index is 12.3. The Kier molecular flexibility index (Phi) is 3.00. The summed E-state index contributed by atoms with van der Waals surface area (Å²) in [6.45, 7) is 1.67. The first-order chi connectivity index (χ1) is 8.84. The van der Waals surface area contributed by atoms with Gasteiger partial charge in [0.1, 0.15) is 5.52 Å². The van der Waals surface area contributed by atoms with Crippen molar-refractivity contribution in [3.63, 3.8) is 0 Å². The molecular weight excluding hydrogens is 228 g/mol. The lowest BCUT2D eigenvalue weighted by Crippen LogP contribution is -2.31. The zero-order valence-corrected chi connectivity index (χ0v) is 10.3. The Hall–Kier alpha value is -1.84. The molecule has 4 nitrogen and oxygen atoms in total. The van der Waals surface area contributed by atoms with Crippen LogP contribution in [0.2, 0.25) is 0 Å². The van der Waals surface area contributed by atoms with Crippen LogP contribution >= 0.6 is 0 Å². The second-order valence-electron chi connectivity index (χ2n) is 4.70. The molecule has 18 heavy (non-hydrogen) atoms. The molecule has 1 fully saturated rings. The van der Waals surface area contributed by atoms with Crippen molar-refractivity contribution < 1.29 is 9.21 Å². The number of pyridine rings is 1. The van der Waals surface area contributed by atoms with E-state index in [0.717, 1.165) is 31.4 Å². The van der Waals surface area contributed by atoms with Crippen molar-refractivity contribution in [1.29, 1.82) is 0 Å². The van der Waals surface area contributed by atoms with Crippen LogP contribution in [0.4, 0.5) is 0 Å². The van der Waals surface area contributed by atoms with E-state index in [9.17, 15) is 4.79 Å². The van der Waals surface area contributed by atoms with Crippen LogP contribution in [0.1, 0.15) is 36.2 Å². The zero-order valence-electron chi connectivity index (χ0n) is 10.3. The van der Waals surface area contributed by atoms with E-state index in [1.54, 1.807) is 12.3 Å². The Morgan fingerprint density at radius 2 is 2.00 bits per heavy atom. The summed E-state index contributed by atoms with van der Waals surface area (Å²) in [6.07, 6.45) is 6.31. The third-order valence-electron chi connectivity index (χ3n) is 3.39. The minimum Gasteiger partial charge on any atom is -0.449 e. The van der Waals surface area contributed by atoms with Crippen LogP contribution in [0.25, 0.3) is 11.1 Å². The normalized spacial score (nSPS) is 16.8. The van der Waals surface area contributed by atoms with E-state index in [0.29, 0.717) is 11.3 Å². The number of carbonyl (C=O) groups is 1. The largest absolute Gasteiger partial charge is 0.449 e. The van der Waals surface area contributed by atoms with Crippen LogP contribution in [0.3, 0.4) is 0 Å². The van der Waals surface area contributed by atoms with Gasteiger partial charge in [0.25, 0.3) is 5.91 Å². The standard InChI is InChI=1S/C14H16N2O2/c17-14(16-8-3-1-2-4-9-16)13-10-11-12(18-13)6-5-7-15-11/h5-7,10H,1-4,8-9H2. The van der Waals surface area contributed by atoms with Gasteiger partial charge in [0, 0.05) is 25.4 Å². The average Bonchev–Trinajstić information content (AvgIpc) is 2.64. The molecular formula is C14H16N2O2. The van der Waals surface area contributed by atoms with E-state index in [4.69, 9.17) is 4.42 Å². The fourth-order valence-corrected chi connectivity index (χ4v) is 2.40. The summed E-state index contributed by atoms with van der Waals surface area (Å²) in [7, 11) is 0. The van der Waals surface area contributed by atoms with E-state index in [-0.39, 0.29) is 5.91 Å². The molecule has 0 spiro atoms. The first kappa shape index (κ1) is 11.3. The predicted molar refractivity (Wildman–Crippen MR) is 68.4 cm³/mol. The van der Waals surface area contributed by atoms with Crippen molar-refractivity contribution in [2.75, 3.05) is 13.1 Å². The predicted octanol–water partition coefficient (Wildman–Crippen LogP) is 2.84. The maximum absolute atomic E-state index is 12.3. The summed E-state index contributed by atoms with van der Waals surface area (Å²) < 4.78 is 5.57. The van der Waals surface area contributed by atoms with Crippen LogP contribution in [-0.4, -0.2) is 28.9 Å². The number of likely N-dealkylation sites (tertiary alicyclic amines) is 1. The summed E-state index contributed by atoms with van der Waals surface area (Å²) in [5.41, 5.74) is 1.42. The SMILES string of the molecule is O=C(c1cc2ncccc2o1)N1CCCCCC1. The number of fused-ring (bicyclic) bond motifs is 1. The van der Waals surface area contributed by atoms with Gasteiger partial charge in [-0.25, -0.2) is 0 Å². The number of aromatic nitrogens is 1. The van der Waals surface area contributed by atoms with Crippen LogP contribution < -0.4 is 0 Å². The van der Waals surface area contributed by atoms with Gasteiger partial charge in [-0.05, 0) is 25.0 Å². The van der Waals surface area contributed by atoms with E-state index in [1.165, 1.54) is 12.8 Å². The van der Waals surface area contributed by atoms with Crippen molar-refractivity contribution in [3.8, 4) is 0 Å². The first-order valence-corrected chi connectivity index (χ1v) is 6.48. The van der Waals surface area contributed by atoms with Crippen molar-refractivity contribution in [2.45, 2.75) is 25.7 Å². The number of hydrogen-bond donors (Lipinski definition) is 0. The second kappa shape index (κ2) is 4.80. The quantitative estimate of drug-likeness (QED) is 0.775. The van der Waals surface area contributed by atoms with Gasteiger partial charge in [-0.15, -0.1) is 0 Å². The highest BCUT2D eigenvalue weighted by Crippen LogP contribution is 2.19. The van der Waals surface area contributed by atoms with Gasteiger partial charge in [0.15, 0.2) is 11.3 Å². The molecule has 0 radical (unpaired) electrons. The number of furan rings is 1. The topological polar surface area (TPSA) is 46.3 Å². The molecule has 1 aliphatic rings. The lowest BCUT2D eigenvalue weighted by molar-refractivity contribution is 0.0732. The number of amides is 1. The summed E-state index contributed by atoms with van der Waals surface area (Å²) in [5, 5.41) is 0. The molecule has 1 saturated heterocycles. The van der Waals surface area contributed by atoms with Gasteiger partial charge in [-0.1, -0.05) is 12.8 Å². The maximum Gasteiger partial charge on any atom is 0.289 e. The minimum atomic E-state index is -0.00472. The summed E-state index contributed by atoms with van der Waals surface area (Å²) >= 11 is 0. The molecule has 0 N–H and O–H groups in total. The van der Waals surface area contributed by atoms with Gasteiger partial charge < -0.3 is 9.32 Å². The molecule has 0 atom stereocenters. The Labute approximate surface area is 106 Å². The molecule has 1 amide bonds. The van der Waals surface area contributed by atoms with E-state index < -0.39 is 0 Å². The third-order valence-corrected chi connectivity index (χ3v) is 3.39.